The highest BCUT2D eigenvalue weighted by Gasteiger charge is 2.15. The molecule has 0 atom stereocenters. The number of rotatable bonds is 2. The molecule has 1 amide bonds. The maximum atomic E-state index is 13.4. The molecule has 20 heavy (non-hydrogen) atoms. The van der Waals surface area contributed by atoms with E-state index in [4.69, 9.17) is 0 Å². The summed E-state index contributed by atoms with van der Waals surface area (Å²) in [5, 5.41) is 11.5. The van der Waals surface area contributed by atoms with E-state index in [1.54, 1.807) is 0 Å². The molecule has 0 aromatic heterocycles. The van der Waals surface area contributed by atoms with E-state index in [9.17, 15) is 23.1 Å². The number of anilines is 1. The van der Waals surface area contributed by atoms with Crippen molar-refractivity contribution in [2.75, 3.05) is 5.32 Å². The summed E-state index contributed by atoms with van der Waals surface area (Å²) in [6.45, 7) is 0. The number of phenols is 1. The SMILES string of the molecule is O=C(Nc1cc(F)cc(F)c1F)c1ccc(I)c(O)c1. The molecule has 2 aromatic rings. The number of carbonyl (C=O) groups is 1. The van der Waals surface area contributed by atoms with Gasteiger partial charge in [-0.05, 0) is 40.8 Å². The predicted molar refractivity (Wildman–Crippen MR) is 75.1 cm³/mol. The number of phenolic OH excluding ortho intramolecular Hbond substituents is 1. The van der Waals surface area contributed by atoms with Crippen molar-refractivity contribution in [1.82, 2.24) is 0 Å². The molecule has 0 aliphatic carbocycles. The molecule has 0 radical (unpaired) electrons. The molecule has 0 heterocycles. The van der Waals surface area contributed by atoms with Gasteiger partial charge in [0.2, 0.25) is 0 Å². The molecule has 0 saturated carbocycles. The van der Waals surface area contributed by atoms with Gasteiger partial charge < -0.3 is 10.4 Å². The maximum absolute atomic E-state index is 13.4. The van der Waals surface area contributed by atoms with Crippen molar-refractivity contribution in [3.05, 3.63) is 56.9 Å². The first-order valence-corrected chi connectivity index (χ1v) is 6.41. The van der Waals surface area contributed by atoms with E-state index in [1.807, 2.05) is 27.9 Å². The molecule has 3 nitrogen and oxygen atoms in total. The van der Waals surface area contributed by atoms with Crippen LogP contribution < -0.4 is 5.32 Å². The second-order valence-corrected chi connectivity index (χ2v) is 5.03. The number of hydrogen-bond donors (Lipinski definition) is 2. The lowest BCUT2D eigenvalue weighted by molar-refractivity contribution is 0.102. The van der Waals surface area contributed by atoms with Gasteiger partial charge in [-0.1, -0.05) is 0 Å². The van der Waals surface area contributed by atoms with Gasteiger partial charge in [-0.2, -0.15) is 0 Å². The van der Waals surface area contributed by atoms with Crippen LogP contribution in [-0.2, 0) is 0 Å². The minimum Gasteiger partial charge on any atom is -0.507 e. The summed E-state index contributed by atoms with van der Waals surface area (Å²) in [5.41, 5.74) is -0.572. The highest BCUT2D eigenvalue weighted by atomic mass is 127. The van der Waals surface area contributed by atoms with Gasteiger partial charge in [-0.3, -0.25) is 4.79 Å². The van der Waals surface area contributed by atoms with Crippen molar-refractivity contribution in [1.29, 1.82) is 0 Å². The minimum absolute atomic E-state index is 0.0342. The largest absolute Gasteiger partial charge is 0.507 e. The van der Waals surface area contributed by atoms with Gasteiger partial charge >= 0.3 is 0 Å². The normalized spacial score (nSPS) is 10.4. The Kier molecular flexibility index (Phi) is 4.17. The Bertz CT molecular complexity index is 692. The summed E-state index contributed by atoms with van der Waals surface area (Å²) in [6, 6.07) is 5.09. The summed E-state index contributed by atoms with van der Waals surface area (Å²) in [5.74, 6) is -4.67. The van der Waals surface area contributed by atoms with Crippen molar-refractivity contribution in [2.45, 2.75) is 0 Å². The van der Waals surface area contributed by atoms with Crippen LogP contribution in [0.3, 0.4) is 0 Å². The summed E-state index contributed by atoms with van der Waals surface area (Å²) in [7, 11) is 0. The van der Waals surface area contributed by atoms with E-state index in [2.05, 4.69) is 0 Å². The zero-order chi connectivity index (χ0) is 14.9. The molecule has 0 bridgehead atoms. The van der Waals surface area contributed by atoms with Crippen molar-refractivity contribution >= 4 is 34.2 Å². The monoisotopic (exact) mass is 393 g/mol. The Morgan fingerprint density at radius 1 is 1.15 bits per heavy atom. The van der Waals surface area contributed by atoms with Crippen LogP contribution in [0.5, 0.6) is 5.75 Å². The quantitative estimate of drug-likeness (QED) is 0.605. The second kappa shape index (κ2) is 5.70. The van der Waals surface area contributed by atoms with Gasteiger partial charge in [0.25, 0.3) is 5.91 Å². The fourth-order valence-electron chi connectivity index (χ4n) is 1.50. The van der Waals surface area contributed by atoms with Gasteiger partial charge in [-0.25, -0.2) is 13.2 Å². The fourth-order valence-corrected chi connectivity index (χ4v) is 1.83. The zero-order valence-corrected chi connectivity index (χ0v) is 11.9. The van der Waals surface area contributed by atoms with E-state index < -0.39 is 29.0 Å². The van der Waals surface area contributed by atoms with Gasteiger partial charge in [0.05, 0.1) is 9.26 Å². The zero-order valence-electron chi connectivity index (χ0n) is 9.75. The number of aromatic hydroxyl groups is 1. The van der Waals surface area contributed by atoms with E-state index in [1.165, 1.54) is 18.2 Å². The third-order valence-electron chi connectivity index (χ3n) is 2.45. The van der Waals surface area contributed by atoms with E-state index in [0.717, 1.165) is 0 Å². The molecule has 0 spiro atoms. The van der Waals surface area contributed by atoms with Crippen LogP contribution in [0.25, 0.3) is 0 Å². The third-order valence-corrected chi connectivity index (χ3v) is 3.36. The second-order valence-electron chi connectivity index (χ2n) is 3.87. The average Bonchev–Trinajstić information content (AvgIpc) is 2.38. The average molecular weight is 393 g/mol. The topological polar surface area (TPSA) is 49.3 Å². The number of hydrogen-bond acceptors (Lipinski definition) is 2. The molecule has 2 rings (SSSR count). The standard InChI is InChI=1S/C13H7F3INO2/c14-7-4-8(15)12(16)10(5-7)18-13(20)6-1-2-9(17)11(19)3-6/h1-5,19H,(H,18,20). The van der Waals surface area contributed by atoms with Gasteiger partial charge in [0, 0.05) is 17.7 Å². The van der Waals surface area contributed by atoms with Crippen molar-refractivity contribution < 1.29 is 23.1 Å². The molecule has 7 heteroatoms. The van der Waals surface area contributed by atoms with Crippen LogP contribution in [0.15, 0.2) is 30.3 Å². The number of halogens is 4. The molecule has 104 valence electrons. The Morgan fingerprint density at radius 3 is 2.50 bits per heavy atom. The summed E-state index contributed by atoms with van der Waals surface area (Å²) < 4.78 is 39.9. The van der Waals surface area contributed by atoms with Crippen LogP contribution in [-0.4, -0.2) is 11.0 Å². The third kappa shape index (κ3) is 3.03. The number of benzene rings is 2. The molecule has 0 unspecified atom stereocenters. The van der Waals surface area contributed by atoms with Gasteiger partial charge in [-0.15, -0.1) is 0 Å². The van der Waals surface area contributed by atoms with E-state index in [-0.39, 0.29) is 11.3 Å². The first-order chi connectivity index (χ1) is 9.38. The van der Waals surface area contributed by atoms with Crippen LogP contribution >= 0.6 is 22.6 Å². The Hall–Kier alpha value is -1.77. The lowest BCUT2D eigenvalue weighted by Crippen LogP contribution is -2.14. The smallest absolute Gasteiger partial charge is 0.255 e. The van der Waals surface area contributed by atoms with E-state index in [0.29, 0.717) is 15.7 Å². The summed E-state index contributed by atoms with van der Waals surface area (Å²) in [4.78, 5) is 11.8. The number of carbonyl (C=O) groups excluding carboxylic acids is 1. The number of nitrogens with one attached hydrogen (secondary N) is 1. The molecular formula is C13H7F3INO2. The molecule has 2 aromatic carbocycles. The highest BCUT2D eigenvalue weighted by molar-refractivity contribution is 14.1. The highest BCUT2D eigenvalue weighted by Crippen LogP contribution is 2.23. The lowest BCUT2D eigenvalue weighted by atomic mass is 10.2. The Morgan fingerprint density at radius 2 is 1.85 bits per heavy atom. The van der Waals surface area contributed by atoms with Crippen LogP contribution in [0.2, 0.25) is 0 Å². The molecule has 0 saturated heterocycles. The maximum Gasteiger partial charge on any atom is 0.255 e. The van der Waals surface area contributed by atoms with Crippen molar-refractivity contribution in [2.24, 2.45) is 0 Å². The molecule has 0 fully saturated rings. The minimum atomic E-state index is -1.40. The van der Waals surface area contributed by atoms with Crippen LogP contribution in [0.4, 0.5) is 18.9 Å². The Labute approximate surface area is 125 Å². The van der Waals surface area contributed by atoms with Crippen LogP contribution in [0, 0.1) is 21.0 Å². The molecule has 0 aliphatic heterocycles. The molecular weight excluding hydrogens is 386 g/mol. The van der Waals surface area contributed by atoms with Crippen molar-refractivity contribution in [3.8, 4) is 5.75 Å². The summed E-state index contributed by atoms with van der Waals surface area (Å²) >= 11 is 1.86. The first kappa shape index (κ1) is 14.6. The lowest BCUT2D eigenvalue weighted by Gasteiger charge is -2.08. The van der Waals surface area contributed by atoms with Gasteiger partial charge in [0.15, 0.2) is 11.6 Å². The summed E-state index contributed by atoms with van der Waals surface area (Å²) in [6.07, 6.45) is 0. The molecule has 2 N–H and O–H groups in total. The number of amides is 1. The fraction of sp³-hybridized carbons (Fsp3) is 0. The Balaban J connectivity index is 2.30. The van der Waals surface area contributed by atoms with Gasteiger partial charge in [0.1, 0.15) is 11.6 Å². The van der Waals surface area contributed by atoms with Crippen LogP contribution in [0.1, 0.15) is 10.4 Å². The molecule has 0 aliphatic rings. The predicted octanol–water partition coefficient (Wildman–Crippen LogP) is 3.67. The van der Waals surface area contributed by atoms with E-state index >= 15 is 0 Å². The van der Waals surface area contributed by atoms with Crippen molar-refractivity contribution in [3.63, 3.8) is 0 Å². The first-order valence-electron chi connectivity index (χ1n) is 5.33.